The number of hydrogen-bond donors (Lipinski definition) is 2. The average Bonchev–Trinajstić information content (AvgIpc) is 2.93. The van der Waals surface area contributed by atoms with E-state index in [1.165, 1.54) is 0 Å². The summed E-state index contributed by atoms with van der Waals surface area (Å²) in [5.41, 5.74) is 7.65. The van der Waals surface area contributed by atoms with E-state index in [4.69, 9.17) is 11.1 Å². The van der Waals surface area contributed by atoms with Crippen molar-refractivity contribution in [2.75, 3.05) is 17.7 Å². The molecule has 0 fully saturated rings. The highest BCUT2D eigenvalue weighted by atomic mass is 32.2. The number of imidazole rings is 1. The number of anilines is 1. The van der Waals surface area contributed by atoms with Crippen LogP contribution in [-0.2, 0) is 13.1 Å². The van der Waals surface area contributed by atoms with Crippen molar-refractivity contribution < 1.29 is 0 Å². The van der Waals surface area contributed by atoms with E-state index in [0.717, 1.165) is 41.6 Å². The summed E-state index contributed by atoms with van der Waals surface area (Å²) in [6.07, 6.45) is 5.86. The van der Waals surface area contributed by atoms with Gasteiger partial charge in [-0.1, -0.05) is 6.07 Å². The minimum absolute atomic E-state index is 0.124. The molecule has 3 rings (SSSR count). The van der Waals surface area contributed by atoms with E-state index in [1.54, 1.807) is 11.8 Å². The standard InChI is InChI=1S/C14H17N5S/c1-20-11-4-2-3-10(13(11)14(15)16)19-8-7-18-6-5-17-12(18)9-19/h2-6H,7-9H2,1H3,(H3,15,16). The van der Waals surface area contributed by atoms with Gasteiger partial charge in [-0.2, -0.15) is 0 Å². The molecule has 0 saturated carbocycles. The maximum atomic E-state index is 7.87. The molecule has 0 bridgehead atoms. The van der Waals surface area contributed by atoms with Gasteiger partial charge in [-0.05, 0) is 18.4 Å². The van der Waals surface area contributed by atoms with E-state index in [-0.39, 0.29) is 5.84 Å². The zero-order valence-corrected chi connectivity index (χ0v) is 12.2. The molecule has 1 aromatic carbocycles. The third-order valence-corrected chi connectivity index (χ3v) is 4.36. The lowest BCUT2D eigenvalue weighted by atomic mass is 10.1. The van der Waals surface area contributed by atoms with Crippen molar-refractivity contribution in [3.8, 4) is 0 Å². The van der Waals surface area contributed by atoms with Crippen molar-refractivity contribution in [2.24, 2.45) is 5.73 Å². The van der Waals surface area contributed by atoms with Gasteiger partial charge in [0.25, 0.3) is 0 Å². The number of nitrogens with two attached hydrogens (primary N) is 1. The second kappa shape index (κ2) is 5.20. The molecule has 1 aliphatic rings. The second-order valence-corrected chi connectivity index (χ2v) is 5.57. The monoisotopic (exact) mass is 287 g/mol. The van der Waals surface area contributed by atoms with E-state index < -0.39 is 0 Å². The van der Waals surface area contributed by atoms with Crippen LogP contribution in [0.2, 0.25) is 0 Å². The van der Waals surface area contributed by atoms with Crippen LogP contribution < -0.4 is 10.6 Å². The Balaban J connectivity index is 2.01. The molecule has 20 heavy (non-hydrogen) atoms. The lowest BCUT2D eigenvalue weighted by molar-refractivity contribution is 0.559. The number of aromatic nitrogens is 2. The summed E-state index contributed by atoms with van der Waals surface area (Å²) in [6, 6.07) is 6.07. The Hall–Kier alpha value is -1.95. The number of nitrogen functional groups attached to an aromatic ring is 1. The van der Waals surface area contributed by atoms with Gasteiger partial charge in [-0.15, -0.1) is 11.8 Å². The van der Waals surface area contributed by atoms with Crippen LogP contribution in [-0.4, -0.2) is 28.2 Å². The molecule has 0 spiro atoms. The minimum Gasteiger partial charge on any atom is -0.384 e. The Bertz CT molecular complexity index is 649. The van der Waals surface area contributed by atoms with Crippen LogP contribution in [0.1, 0.15) is 11.4 Å². The van der Waals surface area contributed by atoms with Crippen LogP contribution in [0.5, 0.6) is 0 Å². The fraction of sp³-hybridized carbons (Fsp3) is 0.286. The van der Waals surface area contributed by atoms with Gasteiger partial charge in [0, 0.05) is 36.1 Å². The SMILES string of the molecule is CSc1cccc(N2CCn3ccnc3C2)c1C(=N)N. The number of benzene rings is 1. The van der Waals surface area contributed by atoms with Crippen LogP contribution in [0.25, 0.3) is 0 Å². The molecule has 0 amide bonds. The summed E-state index contributed by atoms with van der Waals surface area (Å²) in [4.78, 5) is 7.67. The summed E-state index contributed by atoms with van der Waals surface area (Å²) in [6.45, 7) is 2.57. The molecule has 3 N–H and O–H groups in total. The maximum absolute atomic E-state index is 7.87. The molecular weight excluding hydrogens is 270 g/mol. The highest BCUT2D eigenvalue weighted by molar-refractivity contribution is 7.98. The predicted octanol–water partition coefficient (Wildman–Crippen LogP) is 1.91. The molecule has 0 saturated heterocycles. The third kappa shape index (κ3) is 2.16. The van der Waals surface area contributed by atoms with Gasteiger partial charge in [0.15, 0.2) is 0 Å². The van der Waals surface area contributed by atoms with E-state index >= 15 is 0 Å². The normalized spacial score (nSPS) is 14.2. The number of thioether (sulfide) groups is 1. The molecule has 2 heterocycles. The molecule has 104 valence electrons. The van der Waals surface area contributed by atoms with Crippen LogP contribution >= 0.6 is 11.8 Å². The summed E-state index contributed by atoms with van der Waals surface area (Å²) in [5.74, 6) is 1.18. The number of fused-ring (bicyclic) bond motifs is 1. The van der Waals surface area contributed by atoms with Crippen molar-refractivity contribution in [3.63, 3.8) is 0 Å². The van der Waals surface area contributed by atoms with Crippen LogP contribution in [0.4, 0.5) is 5.69 Å². The van der Waals surface area contributed by atoms with Crippen LogP contribution in [0.15, 0.2) is 35.5 Å². The first-order chi connectivity index (χ1) is 9.70. The van der Waals surface area contributed by atoms with Gasteiger partial charge < -0.3 is 15.2 Å². The number of hydrogen-bond acceptors (Lipinski definition) is 4. The smallest absolute Gasteiger partial charge is 0.128 e. The fourth-order valence-corrected chi connectivity index (χ4v) is 3.24. The maximum Gasteiger partial charge on any atom is 0.128 e. The van der Waals surface area contributed by atoms with Gasteiger partial charge in [0.05, 0.1) is 12.1 Å². The van der Waals surface area contributed by atoms with Crippen molar-refractivity contribution in [1.82, 2.24) is 9.55 Å². The minimum atomic E-state index is 0.124. The number of nitrogens with one attached hydrogen (secondary N) is 1. The summed E-state index contributed by atoms with van der Waals surface area (Å²) in [5, 5.41) is 7.87. The summed E-state index contributed by atoms with van der Waals surface area (Å²) >= 11 is 1.62. The molecule has 6 heteroatoms. The molecule has 1 aliphatic heterocycles. The molecule has 0 atom stereocenters. The zero-order valence-electron chi connectivity index (χ0n) is 11.3. The Labute approximate surface area is 122 Å². The lowest BCUT2D eigenvalue weighted by Gasteiger charge is -2.31. The highest BCUT2D eigenvalue weighted by Crippen LogP contribution is 2.31. The van der Waals surface area contributed by atoms with Crippen LogP contribution in [0, 0.1) is 5.41 Å². The Morgan fingerprint density at radius 1 is 1.40 bits per heavy atom. The number of rotatable bonds is 3. The third-order valence-electron chi connectivity index (χ3n) is 3.58. The van der Waals surface area contributed by atoms with Gasteiger partial charge in [-0.25, -0.2) is 4.98 Å². The molecule has 2 aromatic rings. The average molecular weight is 287 g/mol. The van der Waals surface area contributed by atoms with Gasteiger partial charge in [-0.3, -0.25) is 5.41 Å². The van der Waals surface area contributed by atoms with Gasteiger partial charge in [0.2, 0.25) is 0 Å². The lowest BCUT2D eigenvalue weighted by Crippen LogP contribution is -2.35. The summed E-state index contributed by atoms with van der Waals surface area (Å²) < 4.78 is 2.17. The summed E-state index contributed by atoms with van der Waals surface area (Å²) in [7, 11) is 0. The number of amidine groups is 1. The Morgan fingerprint density at radius 3 is 3.00 bits per heavy atom. The van der Waals surface area contributed by atoms with Gasteiger partial charge in [0.1, 0.15) is 11.7 Å². The van der Waals surface area contributed by atoms with E-state index in [2.05, 4.69) is 14.5 Å². The largest absolute Gasteiger partial charge is 0.384 e. The van der Waals surface area contributed by atoms with Crippen molar-refractivity contribution >= 4 is 23.3 Å². The first-order valence-electron chi connectivity index (χ1n) is 6.47. The van der Waals surface area contributed by atoms with E-state index in [1.807, 2.05) is 36.8 Å². The Morgan fingerprint density at radius 2 is 2.25 bits per heavy atom. The Kier molecular flexibility index (Phi) is 3.40. The highest BCUT2D eigenvalue weighted by Gasteiger charge is 2.21. The van der Waals surface area contributed by atoms with E-state index in [0.29, 0.717) is 0 Å². The van der Waals surface area contributed by atoms with Crippen LogP contribution in [0.3, 0.4) is 0 Å². The molecular formula is C14H17N5S. The van der Waals surface area contributed by atoms with Crippen molar-refractivity contribution in [3.05, 3.63) is 42.0 Å². The van der Waals surface area contributed by atoms with Gasteiger partial charge >= 0.3 is 0 Å². The topological polar surface area (TPSA) is 70.9 Å². The molecule has 0 aliphatic carbocycles. The van der Waals surface area contributed by atoms with Crippen molar-refractivity contribution in [1.29, 1.82) is 5.41 Å². The second-order valence-electron chi connectivity index (χ2n) is 4.73. The zero-order chi connectivity index (χ0) is 14.1. The quantitative estimate of drug-likeness (QED) is 0.514. The first kappa shape index (κ1) is 13.1. The number of nitrogens with zero attached hydrogens (tertiary/aromatic N) is 3. The first-order valence-corrected chi connectivity index (χ1v) is 7.69. The predicted molar refractivity (Wildman–Crippen MR) is 82.5 cm³/mol. The molecule has 5 nitrogen and oxygen atoms in total. The fourth-order valence-electron chi connectivity index (χ4n) is 2.60. The molecule has 0 unspecified atom stereocenters. The molecule has 0 radical (unpaired) electrons. The molecule has 1 aromatic heterocycles. The van der Waals surface area contributed by atoms with E-state index in [9.17, 15) is 0 Å². The van der Waals surface area contributed by atoms with Crippen molar-refractivity contribution in [2.45, 2.75) is 18.0 Å².